The zero-order chi connectivity index (χ0) is 27.4. The molecular weight excluding hydrogens is 512 g/mol. The number of hydrogen-bond acceptors (Lipinski definition) is 7. The summed E-state index contributed by atoms with van der Waals surface area (Å²) in [7, 11) is 0. The number of para-hydroxylation sites is 1. The number of thioether (sulfide) groups is 1. The first kappa shape index (κ1) is 25.8. The van der Waals surface area contributed by atoms with E-state index >= 15 is 0 Å². The van der Waals surface area contributed by atoms with Crippen LogP contribution in [0.2, 0.25) is 0 Å². The fourth-order valence-corrected chi connectivity index (χ4v) is 5.09. The minimum atomic E-state index is -0.359. The lowest BCUT2D eigenvalue weighted by Crippen LogP contribution is -2.18. The molecule has 194 valence electrons. The van der Waals surface area contributed by atoms with Crippen molar-refractivity contribution in [3.8, 4) is 28.7 Å². The van der Waals surface area contributed by atoms with Crippen LogP contribution in [0.3, 0.4) is 0 Å². The van der Waals surface area contributed by atoms with Crippen molar-refractivity contribution in [1.82, 2.24) is 4.98 Å². The number of nitrogens with zero attached hydrogens (tertiary/aromatic N) is 2. The minimum Gasteiger partial charge on any atom is -0.454 e. The van der Waals surface area contributed by atoms with Crippen molar-refractivity contribution in [2.24, 2.45) is 0 Å². The first-order chi connectivity index (χ1) is 18.9. The van der Waals surface area contributed by atoms with Crippen molar-refractivity contribution in [3.63, 3.8) is 0 Å². The van der Waals surface area contributed by atoms with Crippen molar-refractivity contribution < 1.29 is 19.1 Å². The van der Waals surface area contributed by atoms with E-state index in [0.29, 0.717) is 50.3 Å². The molecule has 0 unspecified atom stereocenters. The Kier molecular flexibility index (Phi) is 7.48. The number of benzene rings is 3. The van der Waals surface area contributed by atoms with Crippen LogP contribution in [0.1, 0.15) is 27.2 Å². The summed E-state index contributed by atoms with van der Waals surface area (Å²) < 4.78 is 10.7. The molecule has 0 atom stereocenters. The van der Waals surface area contributed by atoms with Gasteiger partial charge in [-0.25, -0.2) is 4.98 Å². The predicted octanol–water partition coefficient (Wildman–Crippen LogP) is 5.95. The van der Waals surface area contributed by atoms with Gasteiger partial charge in [0.15, 0.2) is 11.5 Å². The molecule has 1 aliphatic rings. The maximum atomic E-state index is 13.6. The molecule has 0 spiro atoms. The van der Waals surface area contributed by atoms with Crippen LogP contribution in [-0.4, -0.2) is 29.3 Å². The Bertz CT molecular complexity index is 1620. The van der Waals surface area contributed by atoms with E-state index in [2.05, 4.69) is 21.7 Å². The van der Waals surface area contributed by atoms with E-state index in [1.807, 2.05) is 61.5 Å². The molecule has 4 aromatic rings. The first-order valence-corrected chi connectivity index (χ1v) is 13.1. The van der Waals surface area contributed by atoms with Crippen LogP contribution in [0.5, 0.6) is 11.5 Å². The van der Waals surface area contributed by atoms with Crippen molar-refractivity contribution in [2.45, 2.75) is 18.9 Å². The number of amides is 2. The number of carbonyl (C=O) groups is 2. The van der Waals surface area contributed by atoms with Crippen LogP contribution in [0.4, 0.5) is 11.4 Å². The molecule has 39 heavy (non-hydrogen) atoms. The fraction of sp³-hybridized carbons (Fsp3) is 0.133. The maximum Gasteiger partial charge on any atom is 0.258 e. The zero-order valence-electron chi connectivity index (χ0n) is 21.3. The second-order valence-corrected chi connectivity index (χ2v) is 9.74. The molecule has 2 N–H and O–H groups in total. The monoisotopic (exact) mass is 536 g/mol. The van der Waals surface area contributed by atoms with Gasteiger partial charge in [0.05, 0.1) is 22.6 Å². The van der Waals surface area contributed by atoms with Gasteiger partial charge in [-0.3, -0.25) is 9.59 Å². The van der Waals surface area contributed by atoms with E-state index < -0.39 is 0 Å². The third-order valence-electron chi connectivity index (χ3n) is 6.14. The summed E-state index contributed by atoms with van der Waals surface area (Å²) in [6.45, 7) is 3.79. The molecule has 0 fully saturated rings. The van der Waals surface area contributed by atoms with Crippen LogP contribution >= 0.6 is 11.8 Å². The summed E-state index contributed by atoms with van der Waals surface area (Å²) >= 11 is 1.14. The lowest BCUT2D eigenvalue weighted by Gasteiger charge is -2.17. The first-order valence-electron chi connectivity index (χ1n) is 12.1. The fourth-order valence-electron chi connectivity index (χ4n) is 4.26. The quantitative estimate of drug-likeness (QED) is 0.281. The van der Waals surface area contributed by atoms with Gasteiger partial charge < -0.3 is 20.1 Å². The highest BCUT2D eigenvalue weighted by Crippen LogP contribution is 2.36. The molecule has 0 radical (unpaired) electrons. The van der Waals surface area contributed by atoms with E-state index in [-0.39, 0.29) is 29.9 Å². The average Bonchev–Trinajstić information content (AvgIpc) is 3.41. The highest BCUT2D eigenvalue weighted by Gasteiger charge is 2.25. The Balaban J connectivity index is 1.45. The second-order valence-electron chi connectivity index (χ2n) is 8.78. The molecule has 0 bridgehead atoms. The number of pyridine rings is 1. The Hall–Kier alpha value is -4.81. The molecule has 9 heteroatoms. The van der Waals surface area contributed by atoms with Gasteiger partial charge in [-0.1, -0.05) is 60.3 Å². The van der Waals surface area contributed by atoms with Crippen molar-refractivity contribution in [3.05, 3.63) is 95.2 Å². The minimum absolute atomic E-state index is 0.0124. The Morgan fingerprint density at radius 3 is 2.49 bits per heavy atom. The lowest BCUT2D eigenvalue weighted by molar-refractivity contribution is -0.113. The number of carbonyl (C=O) groups excluding carboxylic acids is 2. The molecule has 2 amide bonds. The topological polar surface area (TPSA) is 113 Å². The molecule has 1 aliphatic heterocycles. The Morgan fingerprint density at radius 1 is 0.974 bits per heavy atom. The number of ether oxygens (including phenoxy) is 2. The number of nitriles is 1. The number of nitrogens with one attached hydrogen (secondary N) is 2. The predicted molar refractivity (Wildman–Crippen MR) is 150 cm³/mol. The van der Waals surface area contributed by atoms with Crippen molar-refractivity contribution in [2.75, 3.05) is 23.2 Å². The third-order valence-corrected chi connectivity index (χ3v) is 7.11. The molecule has 2 heterocycles. The SMILES string of the molecule is Cc1ccccc1NC(=O)c1c(C)nc(SCC(=O)Nc2ccc3c(c2)OCO3)c(C#N)c1-c1ccccc1. The summed E-state index contributed by atoms with van der Waals surface area (Å²) in [6.07, 6.45) is 0. The number of aryl methyl sites for hydroxylation is 2. The van der Waals surface area contributed by atoms with Gasteiger partial charge >= 0.3 is 0 Å². The molecular formula is C30H24N4O4S. The van der Waals surface area contributed by atoms with Crippen molar-refractivity contribution >= 4 is 35.0 Å². The lowest BCUT2D eigenvalue weighted by atomic mass is 9.94. The molecule has 8 nitrogen and oxygen atoms in total. The van der Waals surface area contributed by atoms with E-state index in [0.717, 1.165) is 17.3 Å². The number of rotatable bonds is 7. The third kappa shape index (κ3) is 5.56. The van der Waals surface area contributed by atoms with E-state index in [9.17, 15) is 14.9 Å². The molecule has 0 saturated carbocycles. The van der Waals surface area contributed by atoms with Crippen LogP contribution in [0.25, 0.3) is 11.1 Å². The normalized spacial score (nSPS) is 11.5. The maximum absolute atomic E-state index is 13.6. The Morgan fingerprint density at radius 2 is 1.72 bits per heavy atom. The van der Waals surface area contributed by atoms with Gasteiger partial charge in [-0.2, -0.15) is 5.26 Å². The number of aromatic nitrogens is 1. The Labute approximate surface area is 230 Å². The van der Waals surface area contributed by atoms with Gasteiger partial charge in [0.1, 0.15) is 11.1 Å². The number of anilines is 2. The summed E-state index contributed by atoms with van der Waals surface area (Å²) in [4.78, 5) is 30.9. The summed E-state index contributed by atoms with van der Waals surface area (Å²) in [5.41, 5.74) is 4.37. The summed E-state index contributed by atoms with van der Waals surface area (Å²) in [5.74, 6) is 0.572. The van der Waals surface area contributed by atoms with Gasteiger partial charge in [0.2, 0.25) is 12.7 Å². The highest BCUT2D eigenvalue weighted by atomic mass is 32.2. The van der Waals surface area contributed by atoms with Crippen LogP contribution in [0.15, 0.2) is 77.8 Å². The van der Waals surface area contributed by atoms with Gasteiger partial charge in [-0.15, -0.1) is 0 Å². The van der Waals surface area contributed by atoms with Crippen LogP contribution in [-0.2, 0) is 4.79 Å². The smallest absolute Gasteiger partial charge is 0.258 e. The summed E-state index contributed by atoms with van der Waals surface area (Å²) in [6, 6.07) is 24.1. The standard InChI is InChI=1S/C30H24N4O4S/c1-18-8-6-7-11-23(18)34-29(36)27-19(2)32-30(22(15-31)28(27)20-9-4-3-5-10-20)39-16-26(35)33-21-12-13-24-25(14-21)38-17-37-24/h3-14H,16-17H2,1-2H3,(H,33,35)(H,34,36). The molecule has 1 aromatic heterocycles. The van der Waals surface area contributed by atoms with E-state index in [1.165, 1.54) is 0 Å². The molecule has 0 aliphatic carbocycles. The molecule has 5 rings (SSSR count). The number of fused-ring (bicyclic) bond motifs is 1. The van der Waals surface area contributed by atoms with Gasteiger partial charge in [0, 0.05) is 23.0 Å². The highest BCUT2D eigenvalue weighted by molar-refractivity contribution is 8.00. The largest absolute Gasteiger partial charge is 0.454 e. The van der Waals surface area contributed by atoms with Crippen LogP contribution in [0, 0.1) is 25.2 Å². The number of hydrogen-bond donors (Lipinski definition) is 2. The average molecular weight is 537 g/mol. The molecule has 3 aromatic carbocycles. The second kappa shape index (κ2) is 11.3. The van der Waals surface area contributed by atoms with E-state index in [1.54, 1.807) is 25.1 Å². The van der Waals surface area contributed by atoms with Crippen molar-refractivity contribution in [1.29, 1.82) is 5.26 Å². The zero-order valence-corrected chi connectivity index (χ0v) is 22.1. The van der Waals surface area contributed by atoms with Gasteiger partial charge in [-0.05, 0) is 43.2 Å². The van der Waals surface area contributed by atoms with E-state index in [4.69, 9.17) is 9.47 Å². The van der Waals surface area contributed by atoms with Gasteiger partial charge in [0.25, 0.3) is 5.91 Å². The summed E-state index contributed by atoms with van der Waals surface area (Å²) in [5, 5.41) is 16.4. The molecule has 0 saturated heterocycles. The van der Waals surface area contributed by atoms with Crippen LogP contribution < -0.4 is 20.1 Å².